The predicted octanol–water partition coefficient (Wildman–Crippen LogP) is 4.12. The average molecular weight is 427 g/mol. The third-order valence-electron chi connectivity index (χ3n) is 4.52. The largest absolute Gasteiger partial charge is 0.373 e. The van der Waals surface area contributed by atoms with E-state index in [1.165, 1.54) is 0 Å². The van der Waals surface area contributed by atoms with Gasteiger partial charge >= 0.3 is 0 Å². The number of nitrogens with zero attached hydrogens (tertiary/aromatic N) is 3. The lowest BCUT2D eigenvalue weighted by atomic mass is 10.2. The monoisotopic (exact) mass is 426 g/mol. The maximum absolute atomic E-state index is 12.7. The van der Waals surface area contributed by atoms with Gasteiger partial charge in [-0.1, -0.05) is 34.1 Å². The van der Waals surface area contributed by atoms with Crippen LogP contribution in [0.5, 0.6) is 0 Å². The molecule has 2 aromatic carbocycles. The number of benzene rings is 2. The van der Waals surface area contributed by atoms with Crippen molar-refractivity contribution in [3.63, 3.8) is 0 Å². The van der Waals surface area contributed by atoms with Crippen molar-refractivity contribution in [3.8, 4) is 5.69 Å². The number of amides is 1. The topological polar surface area (TPSA) is 50.2 Å². The average Bonchev–Trinajstić information content (AvgIpc) is 2.97. The smallest absolute Gasteiger partial charge is 0.255 e. The van der Waals surface area contributed by atoms with Crippen LogP contribution in [0.25, 0.3) is 5.69 Å². The van der Waals surface area contributed by atoms with E-state index in [9.17, 15) is 4.79 Å². The van der Waals surface area contributed by atoms with Crippen LogP contribution in [-0.4, -0.2) is 35.8 Å². The molecule has 0 aliphatic rings. The molecule has 1 N–H and O–H groups in total. The van der Waals surface area contributed by atoms with Gasteiger partial charge in [-0.2, -0.15) is 5.10 Å². The Bertz CT molecular complexity index is 919. The summed E-state index contributed by atoms with van der Waals surface area (Å²) in [6.45, 7) is 5.09. The molecule has 0 saturated carbocycles. The molecule has 1 heterocycles. The number of para-hydroxylation sites is 1. The van der Waals surface area contributed by atoms with E-state index >= 15 is 0 Å². The highest BCUT2D eigenvalue weighted by molar-refractivity contribution is 9.10. The predicted molar refractivity (Wildman–Crippen MR) is 113 cm³/mol. The minimum absolute atomic E-state index is 0.0881. The highest BCUT2D eigenvalue weighted by Gasteiger charge is 2.19. The second kappa shape index (κ2) is 8.39. The van der Waals surface area contributed by atoms with Crippen LogP contribution in [-0.2, 0) is 0 Å². The number of rotatable bonds is 6. The van der Waals surface area contributed by atoms with Gasteiger partial charge in [0.1, 0.15) is 0 Å². The summed E-state index contributed by atoms with van der Waals surface area (Å²) in [4.78, 5) is 14.8. The van der Waals surface area contributed by atoms with Crippen LogP contribution in [0.3, 0.4) is 0 Å². The first-order chi connectivity index (χ1) is 13.0. The molecule has 0 radical (unpaired) electrons. The van der Waals surface area contributed by atoms with Gasteiger partial charge in [0.15, 0.2) is 0 Å². The van der Waals surface area contributed by atoms with E-state index in [0.29, 0.717) is 12.1 Å². The van der Waals surface area contributed by atoms with Crippen LogP contribution >= 0.6 is 15.9 Å². The van der Waals surface area contributed by atoms with Gasteiger partial charge in [0.2, 0.25) is 0 Å². The molecule has 0 bridgehead atoms. The summed E-state index contributed by atoms with van der Waals surface area (Å²) in [5.74, 6) is -0.0881. The zero-order chi connectivity index (χ0) is 19.4. The number of aryl methyl sites for hydroxylation is 1. The Morgan fingerprint density at radius 1 is 1.11 bits per heavy atom. The van der Waals surface area contributed by atoms with Crippen molar-refractivity contribution in [2.75, 3.05) is 25.0 Å². The summed E-state index contributed by atoms with van der Waals surface area (Å²) in [6.07, 6.45) is 0. The number of nitrogens with one attached hydrogen (secondary N) is 1. The lowest BCUT2D eigenvalue weighted by Gasteiger charge is -2.19. The third-order valence-corrected chi connectivity index (χ3v) is 5.05. The summed E-state index contributed by atoms with van der Waals surface area (Å²) in [5.41, 5.74) is 4.26. The SMILES string of the molecule is Cc1nn(-c2ccc(Br)cc2)c(C)c1C(=O)NCCN(C)c1ccccc1. The number of carbonyl (C=O) groups is 1. The molecular weight excluding hydrogens is 404 g/mol. The van der Waals surface area contributed by atoms with Gasteiger partial charge < -0.3 is 10.2 Å². The maximum Gasteiger partial charge on any atom is 0.255 e. The Balaban J connectivity index is 1.67. The number of aromatic nitrogens is 2. The molecule has 140 valence electrons. The summed E-state index contributed by atoms with van der Waals surface area (Å²) >= 11 is 3.44. The van der Waals surface area contributed by atoms with Gasteiger partial charge in [-0.05, 0) is 50.2 Å². The Morgan fingerprint density at radius 2 is 1.78 bits per heavy atom. The van der Waals surface area contributed by atoms with Crippen molar-refractivity contribution < 1.29 is 4.79 Å². The fourth-order valence-electron chi connectivity index (χ4n) is 3.04. The Morgan fingerprint density at radius 3 is 2.44 bits per heavy atom. The lowest BCUT2D eigenvalue weighted by molar-refractivity contribution is 0.0953. The highest BCUT2D eigenvalue weighted by Crippen LogP contribution is 2.20. The van der Waals surface area contributed by atoms with Crippen LogP contribution in [0.2, 0.25) is 0 Å². The molecule has 0 atom stereocenters. The molecule has 3 rings (SSSR count). The molecule has 3 aromatic rings. The minimum Gasteiger partial charge on any atom is -0.373 e. The number of halogens is 1. The lowest BCUT2D eigenvalue weighted by Crippen LogP contribution is -2.33. The van der Waals surface area contributed by atoms with E-state index in [4.69, 9.17) is 0 Å². The van der Waals surface area contributed by atoms with E-state index in [1.807, 2.05) is 68.0 Å². The van der Waals surface area contributed by atoms with Crippen molar-refractivity contribution in [2.45, 2.75) is 13.8 Å². The van der Waals surface area contributed by atoms with Crippen LogP contribution < -0.4 is 10.2 Å². The van der Waals surface area contributed by atoms with Crippen molar-refractivity contribution >= 4 is 27.5 Å². The summed E-state index contributed by atoms with van der Waals surface area (Å²) in [7, 11) is 2.02. The highest BCUT2D eigenvalue weighted by atomic mass is 79.9. The molecule has 0 saturated heterocycles. The van der Waals surface area contributed by atoms with Crippen LogP contribution in [0, 0.1) is 13.8 Å². The van der Waals surface area contributed by atoms with Crippen LogP contribution in [0.1, 0.15) is 21.7 Å². The molecule has 27 heavy (non-hydrogen) atoms. The number of hydrogen-bond acceptors (Lipinski definition) is 3. The molecule has 0 spiro atoms. The van der Waals surface area contributed by atoms with Crippen molar-refractivity contribution in [3.05, 3.63) is 76.0 Å². The van der Waals surface area contributed by atoms with E-state index in [0.717, 1.165) is 33.8 Å². The van der Waals surface area contributed by atoms with E-state index in [1.54, 1.807) is 0 Å². The quantitative estimate of drug-likeness (QED) is 0.644. The van der Waals surface area contributed by atoms with Crippen molar-refractivity contribution in [1.29, 1.82) is 0 Å². The van der Waals surface area contributed by atoms with Gasteiger partial charge in [-0.25, -0.2) is 4.68 Å². The van der Waals surface area contributed by atoms with Crippen LogP contribution in [0.15, 0.2) is 59.1 Å². The molecule has 0 aliphatic carbocycles. The fraction of sp³-hybridized carbons (Fsp3) is 0.238. The molecule has 5 nitrogen and oxygen atoms in total. The van der Waals surface area contributed by atoms with Crippen molar-refractivity contribution in [1.82, 2.24) is 15.1 Å². The maximum atomic E-state index is 12.7. The van der Waals surface area contributed by atoms with Gasteiger partial charge in [0, 0.05) is 30.3 Å². The first-order valence-electron chi connectivity index (χ1n) is 8.84. The Kier molecular flexibility index (Phi) is 5.96. The second-order valence-corrected chi connectivity index (χ2v) is 7.36. The van der Waals surface area contributed by atoms with E-state index in [2.05, 4.69) is 43.4 Å². The van der Waals surface area contributed by atoms with Crippen molar-refractivity contribution in [2.24, 2.45) is 0 Å². The van der Waals surface area contributed by atoms with Crippen LogP contribution in [0.4, 0.5) is 5.69 Å². The number of hydrogen-bond donors (Lipinski definition) is 1. The second-order valence-electron chi connectivity index (χ2n) is 6.45. The van der Waals surface area contributed by atoms with Gasteiger partial charge in [-0.15, -0.1) is 0 Å². The fourth-order valence-corrected chi connectivity index (χ4v) is 3.31. The number of carbonyl (C=O) groups excluding carboxylic acids is 1. The standard InChI is InChI=1S/C21H23BrN4O/c1-15-20(16(2)26(24-15)19-11-9-17(22)10-12-19)21(27)23-13-14-25(3)18-7-5-4-6-8-18/h4-12H,13-14H2,1-3H3,(H,23,27). The Labute approximate surface area is 168 Å². The molecule has 0 unspecified atom stereocenters. The molecule has 0 aliphatic heterocycles. The third kappa shape index (κ3) is 4.39. The summed E-state index contributed by atoms with van der Waals surface area (Å²) in [6, 6.07) is 18.0. The molecule has 1 aromatic heterocycles. The van der Waals surface area contributed by atoms with Gasteiger partial charge in [0.25, 0.3) is 5.91 Å². The first kappa shape index (κ1) is 19.2. The van der Waals surface area contributed by atoms with Gasteiger partial charge in [-0.3, -0.25) is 4.79 Å². The van der Waals surface area contributed by atoms with Gasteiger partial charge in [0.05, 0.1) is 22.6 Å². The zero-order valence-electron chi connectivity index (χ0n) is 15.7. The Hall–Kier alpha value is -2.60. The minimum atomic E-state index is -0.0881. The molecule has 0 fully saturated rings. The molecule has 6 heteroatoms. The number of anilines is 1. The summed E-state index contributed by atoms with van der Waals surface area (Å²) < 4.78 is 2.82. The molecule has 1 amide bonds. The van der Waals surface area contributed by atoms with E-state index in [-0.39, 0.29) is 5.91 Å². The summed E-state index contributed by atoms with van der Waals surface area (Å²) in [5, 5.41) is 7.57. The number of likely N-dealkylation sites (N-methyl/N-ethyl adjacent to an activating group) is 1. The normalized spacial score (nSPS) is 10.7. The first-order valence-corrected chi connectivity index (χ1v) is 9.63. The van der Waals surface area contributed by atoms with E-state index < -0.39 is 0 Å². The zero-order valence-corrected chi connectivity index (χ0v) is 17.3. The molecular formula is C21H23BrN4O.